The van der Waals surface area contributed by atoms with Crippen molar-refractivity contribution in [3.05, 3.63) is 29.0 Å². The van der Waals surface area contributed by atoms with Crippen molar-refractivity contribution in [1.82, 2.24) is 9.80 Å². The number of terminal acetylenes is 1. The van der Waals surface area contributed by atoms with Crippen LogP contribution in [0.1, 0.15) is 6.42 Å². The van der Waals surface area contributed by atoms with Crippen LogP contribution in [0.25, 0.3) is 0 Å². The van der Waals surface area contributed by atoms with E-state index in [0.29, 0.717) is 18.8 Å². The van der Waals surface area contributed by atoms with Gasteiger partial charge in [-0.25, -0.2) is 4.39 Å². The normalized spacial score (nSPS) is 23.3. The predicted molar refractivity (Wildman–Crippen MR) is 89.0 cm³/mol. The Balaban J connectivity index is 1.65. The Labute approximate surface area is 140 Å². The fourth-order valence-corrected chi connectivity index (χ4v) is 3.39. The van der Waals surface area contributed by atoms with Gasteiger partial charge >= 0.3 is 0 Å². The zero-order chi connectivity index (χ0) is 16.4. The van der Waals surface area contributed by atoms with E-state index in [0.717, 1.165) is 32.6 Å². The minimum Gasteiger partial charge on any atom is -0.311 e. The summed E-state index contributed by atoms with van der Waals surface area (Å²) in [5.74, 6) is 2.20. The van der Waals surface area contributed by atoms with E-state index in [9.17, 15) is 9.18 Å². The lowest BCUT2D eigenvalue weighted by molar-refractivity contribution is -0.122. The monoisotopic (exact) mass is 335 g/mol. The van der Waals surface area contributed by atoms with Crippen LogP contribution in [-0.2, 0) is 4.79 Å². The van der Waals surface area contributed by atoms with E-state index in [4.69, 9.17) is 18.0 Å². The highest BCUT2D eigenvalue weighted by molar-refractivity contribution is 6.30. The first kappa shape index (κ1) is 16.3. The molecule has 2 aliphatic rings. The average molecular weight is 336 g/mol. The Morgan fingerprint density at radius 2 is 2.00 bits per heavy atom. The van der Waals surface area contributed by atoms with Crippen molar-refractivity contribution in [3.63, 3.8) is 0 Å². The highest BCUT2D eigenvalue weighted by atomic mass is 35.5. The maximum Gasteiger partial charge on any atom is 0.244 e. The predicted octanol–water partition coefficient (Wildman–Crippen LogP) is 1.84. The molecule has 23 heavy (non-hydrogen) atoms. The molecule has 0 saturated carbocycles. The van der Waals surface area contributed by atoms with Gasteiger partial charge in [0.1, 0.15) is 5.82 Å². The molecule has 6 heteroatoms. The second-order valence-electron chi connectivity index (χ2n) is 5.91. The third-order valence-electron chi connectivity index (χ3n) is 4.55. The van der Waals surface area contributed by atoms with Gasteiger partial charge < -0.3 is 4.90 Å². The van der Waals surface area contributed by atoms with Crippen molar-refractivity contribution in [2.24, 2.45) is 0 Å². The summed E-state index contributed by atoms with van der Waals surface area (Å²) in [6, 6.07) is 4.39. The lowest BCUT2D eigenvalue weighted by Crippen LogP contribution is -2.52. The van der Waals surface area contributed by atoms with Crippen molar-refractivity contribution < 1.29 is 9.18 Å². The third-order valence-corrected chi connectivity index (χ3v) is 4.86. The van der Waals surface area contributed by atoms with Crippen LogP contribution in [0.4, 0.5) is 10.1 Å². The Bertz CT molecular complexity index is 637. The number of hydrogen-bond donors (Lipinski definition) is 0. The first-order valence-electron chi connectivity index (χ1n) is 7.76. The second kappa shape index (κ2) is 6.88. The standard InChI is InChI=1S/C17H19ClFN3O/c1-2-6-20-8-10-21(11-9-20)16-5-7-22(17(16)23)13-3-4-14(18)15(19)12-13/h1,3-4,12,16H,5-11H2. The third kappa shape index (κ3) is 3.35. The van der Waals surface area contributed by atoms with E-state index in [2.05, 4.69) is 15.7 Å². The number of nitrogens with zero attached hydrogens (tertiary/aromatic N) is 3. The number of piperazine rings is 1. The highest BCUT2D eigenvalue weighted by Gasteiger charge is 2.37. The number of amides is 1. The summed E-state index contributed by atoms with van der Waals surface area (Å²) in [6.45, 7) is 4.69. The largest absolute Gasteiger partial charge is 0.311 e. The molecule has 2 saturated heterocycles. The Hall–Kier alpha value is -1.61. The topological polar surface area (TPSA) is 26.8 Å². The van der Waals surface area contributed by atoms with Crippen molar-refractivity contribution in [2.75, 3.05) is 44.2 Å². The molecule has 3 rings (SSSR count). The number of carbonyl (C=O) groups excluding carboxylic acids is 1. The molecule has 0 radical (unpaired) electrons. The van der Waals surface area contributed by atoms with Gasteiger partial charge in [-0.3, -0.25) is 14.6 Å². The maximum atomic E-state index is 13.6. The van der Waals surface area contributed by atoms with E-state index in [1.165, 1.54) is 12.1 Å². The van der Waals surface area contributed by atoms with Crippen molar-refractivity contribution in [1.29, 1.82) is 0 Å². The molecule has 1 amide bonds. The fourth-order valence-electron chi connectivity index (χ4n) is 3.28. The van der Waals surface area contributed by atoms with Crippen LogP contribution in [-0.4, -0.2) is 61.0 Å². The van der Waals surface area contributed by atoms with Crippen molar-refractivity contribution >= 4 is 23.2 Å². The Morgan fingerprint density at radius 1 is 1.26 bits per heavy atom. The molecule has 4 nitrogen and oxygen atoms in total. The van der Waals surface area contributed by atoms with Gasteiger partial charge in [-0.1, -0.05) is 17.5 Å². The number of rotatable bonds is 3. The Morgan fingerprint density at radius 3 is 2.65 bits per heavy atom. The maximum absolute atomic E-state index is 13.6. The molecule has 0 aliphatic carbocycles. The first-order chi connectivity index (χ1) is 11.1. The summed E-state index contributed by atoms with van der Waals surface area (Å²) >= 11 is 5.71. The van der Waals surface area contributed by atoms with Crippen molar-refractivity contribution in [3.8, 4) is 12.3 Å². The molecule has 2 aliphatic heterocycles. The first-order valence-corrected chi connectivity index (χ1v) is 8.14. The van der Waals surface area contributed by atoms with Gasteiger partial charge in [0.2, 0.25) is 5.91 Å². The zero-order valence-electron chi connectivity index (χ0n) is 12.8. The van der Waals surface area contributed by atoms with Gasteiger partial charge in [-0.15, -0.1) is 6.42 Å². The van der Waals surface area contributed by atoms with Crippen LogP contribution < -0.4 is 4.90 Å². The molecule has 1 aromatic rings. The quantitative estimate of drug-likeness (QED) is 0.789. The molecule has 0 N–H and O–H groups in total. The molecule has 2 fully saturated rings. The van der Waals surface area contributed by atoms with Gasteiger partial charge in [0.25, 0.3) is 0 Å². The number of anilines is 1. The highest BCUT2D eigenvalue weighted by Crippen LogP contribution is 2.27. The van der Waals surface area contributed by atoms with Gasteiger partial charge in [-0.2, -0.15) is 0 Å². The smallest absolute Gasteiger partial charge is 0.244 e. The summed E-state index contributed by atoms with van der Waals surface area (Å²) in [6.07, 6.45) is 6.10. The Kier molecular flexibility index (Phi) is 4.86. The molecular weight excluding hydrogens is 317 g/mol. The van der Waals surface area contributed by atoms with Crippen LogP contribution in [0, 0.1) is 18.2 Å². The van der Waals surface area contributed by atoms with Gasteiger partial charge in [0.05, 0.1) is 17.6 Å². The van der Waals surface area contributed by atoms with Crippen LogP contribution in [0.2, 0.25) is 5.02 Å². The fraction of sp³-hybridized carbons (Fsp3) is 0.471. The summed E-state index contributed by atoms with van der Waals surface area (Å²) < 4.78 is 13.6. The van der Waals surface area contributed by atoms with Crippen LogP contribution in [0.15, 0.2) is 18.2 Å². The molecule has 1 aromatic carbocycles. The SMILES string of the molecule is C#CCN1CCN(C2CCN(c3ccc(Cl)c(F)c3)C2=O)CC1. The number of hydrogen-bond acceptors (Lipinski definition) is 3. The van der Waals surface area contributed by atoms with E-state index < -0.39 is 5.82 Å². The lowest BCUT2D eigenvalue weighted by Gasteiger charge is -2.36. The molecule has 1 unspecified atom stereocenters. The zero-order valence-corrected chi connectivity index (χ0v) is 13.6. The minimum absolute atomic E-state index is 0.0390. The molecular formula is C17H19ClFN3O. The second-order valence-corrected chi connectivity index (χ2v) is 6.32. The summed E-state index contributed by atoms with van der Waals surface area (Å²) in [4.78, 5) is 18.8. The van der Waals surface area contributed by atoms with Crippen LogP contribution in [0.3, 0.4) is 0 Å². The van der Waals surface area contributed by atoms with E-state index in [1.807, 2.05) is 0 Å². The number of carbonyl (C=O) groups is 1. The van der Waals surface area contributed by atoms with Crippen molar-refractivity contribution in [2.45, 2.75) is 12.5 Å². The van der Waals surface area contributed by atoms with E-state index in [-0.39, 0.29) is 17.0 Å². The summed E-state index contributed by atoms with van der Waals surface area (Å²) in [5.41, 5.74) is 0.574. The lowest BCUT2D eigenvalue weighted by atomic mass is 10.2. The molecule has 1 atom stereocenters. The van der Waals surface area contributed by atoms with Crippen LogP contribution >= 0.6 is 11.6 Å². The van der Waals surface area contributed by atoms with E-state index in [1.54, 1.807) is 11.0 Å². The van der Waals surface area contributed by atoms with Gasteiger partial charge in [0.15, 0.2) is 0 Å². The minimum atomic E-state index is -0.497. The molecule has 122 valence electrons. The summed E-state index contributed by atoms with van der Waals surface area (Å²) in [5, 5.41) is 0.0709. The van der Waals surface area contributed by atoms with Gasteiger partial charge in [-0.05, 0) is 24.6 Å². The molecule has 0 aromatic heterocycles. The van der Waals surface area contributed by atoms with Gasteiger partial charge in [0, 0.05) is 38.4 Å². The summed E-state index contributed by atoms with van der Waals surface area (Å²) in [7, 11) is 0. The molecule has 2 heterocycles. The molecule has 0 bridgehead atoms. The number of halogens is 2. The van der Waals surface area contributed by atoms with Crippen LogP contribution in [0.5, 0.6) is 0 Å². The average Bonchev–Trinajstić information content (AvgIpc) is 2.93. The number of benzene rings is 1. The van der Waals surface area contributed by atoms with E-state index >= 15 is 0 Å². The molecule has 0 spiro atoms.